The lowest BCUT2D eigenvalue weighted by molar-refractivity contribution is -0.121. The second-order valence-corrected chi connectivity index (χ2v) is 9.06. The number of fused-ring (bicyclic) bond motifs is 2. The molecule has 30 heavy (non-hydrogen) atoms. The van der Waals surface area contributed by atoms with Crippen molar-refractivity contribution in [3.05, 3.63) is 18.0 Å². The summed E-state index contributed by atoms with van der Waals surface area (Å²) in [5.41, 5.74) is 1.17. The van der Waals surface area contributed by atoms with E-state index in [9.17, 15) is 9.90 Å². The lowest BCUT2D eigenvalue weighted by Crippen LogP contribution is -2.44. The molecule has 3 saturated carbocycles. The zero-order chi connectivity index (χ0) is 20.3. The number of aliphatic hydroxyl groups is 1. The van der Waals surface area contributed by atoms with Crippen LogP contribution < -0.4 is 15.0 Å². The molecule has 9 nitrogen and oxygen atoms in total. The molecule has 2 aromatic rings. The van der Waals surface area contributed by atoms with Gasteiger partial charge in [0.1, 0.15) is 17.6 Å². The van der Waals surface area contributed by atoms with Gasteiger partial charge in [-0.15, -0.1) is 5.10 Å². The van der Waals surface area contributed by atoms with E-state index in [1.54, 1.807) is 12.4 Å². The van der Waals surface area contributed by atoms with Gasteiger partial charge in [-0.05, 0) is 57.8 Å². The van der Waals surface area contributed by atoms with Gasteiger partial charge in [-0.3, -0.25) is 14.8 Å². The fourth-order valence-corrected chi connectivity index (χ4v) is 4.94. The molecule has 1 amide bonds. The van der Waals surface area contributed by atoms with Crippen molar-refractivity contribution in [3.8, 4) is 5.88 Å². The zero-order valence-electron chi connectivity index (χ0n) is 16.8. The fourth-order valence-electron chi connectivity index (χ4n) is 4.94. The maximum absolute atomic E-state index is 13.3. The van der Waals surface area contributed by atoms with Gasteiger partial charge >= 0.3 is 0 Å². The van der Waals surface area contributed by atoms with Crippen LogP contribution in [0.15, 0.2) is 12.4 Å². The quantitative estimate of drug-likeness (QED) is 0.694. The Bertz CT molecular complexity index is 983. The normalized spacial score (nSPS) is 27.1. The minimum atomic E-state index is -0.440. The van der Waals surface area contributed by atoms with Gasteiger partial charge < -0.3 is 15.2 Å². The third-order valence-electron chi connectivity index (χ3n) is 7.06. The van der Waals surface area contributed by atoms with Gasteiger partial charge in [-0.1, -0.05) is 0 Å². The highest BCUT2D eigenvalue weighted by Crippen LogP contribution is 2.57. The Morgan fingerprint density at radius 2 is 2.07 bits per heavy atom. The number of hydrogen-bond acceptors (Lipinski definition) is 7. The number of aromatic nitrogens is 4. The summed E-state index contributed by atoms with van der Waals surface area (Å²) in [5.74, 6) is 1.76. The fraction of sp³-hybridized carbons (Fsp3) is 0.619. The van der Waals surface area contributed by atoms with Gasteiger partial charge in [0.2, 0.25) is 11.9 Å². The summed E-state index contributed by atoms with van der Waals surface area (Å²) in [5, 5.41) is 20.4. The highest BCUT2D eigenvalue weighted by molar-refractivity contribution is 6.09. The summed E-state index contributed by atoms with van der Waals surface area (Å²) in [6, 6.07) is -0.00541. The van der Waals surface area contributed by atoms with E-state index in [1.807, 2.05) is 4.90 Å². The van der Waals surface area contributed by atoms with Crippen LogP contribution in [0.3, 0.4) is 0 Å². The molecule has 0 radical (unpaired) electrons. The lowest BCUT2D eigenvalue weighted by Gasteiger charge is -2.33. The lowest BCUT2D eigenvalue weighted by atomic mass is 9.92. The molecule has 4 aliphatic rings. The predicted molar refractivity (Wildman–Crippen MR) is 109 cm³/mol. The molecule has 3 heterocycles. The number of nitrogens with zero attached hydrogens (tertiary/aromatic N) is 4. The first-order valence-electron chi connectivity index (χ1n) is 11.0. The molecule has 9 heteroatoms. The molecule has 2 atom stereocenters. The highest BCUT2D eigenvalue weighted by Gasteiger charge is 2.61. The number of ether oxygens (including phenoxy) is 1. The van der Waals surface area contributed by atoms with Gasteiger partial charge in [0.05, 0.1) is 11.5 Å². The number of carbonyl (C=O) groups excluding carboxylic acids is 1. The molecule has 3 fully saturated rings. The van der Waals surface area contributed by atoms with Gasteiger partial charge in [0, 0.05) is 24.0 Å². The zero-order valence-corrected chi connectivity index (χ0v) is 16.8. The largest absolute Gasteiger partial charge is 0.472 e. The van der Waals surface area contributed by atoms with Gasteiger partial charge in [-0.25, -0.2) is 4.98 Å². The summed E-state index contributed by atoms with van der Waals surface area (Å²) < 4.78 is 5.92. The minimum absolute atomic E-state index is 0.00541. The first-order valence-corrected chi connectivity index (χ1v) is 11.0. The average molecular weight is 410 g/mol. The van der Waals surface area contributed by atoms with Gasteiger partial charge in [0.15, 0.2) is 0 Å². The third kappa shape index (κ3) is 2.79. The van der Waals surface area contributed by atoms with Crippen LogP contribution in [0.4, 0.5) is 17.5 Å². The number of H-pyrrole nitrogens is 1. The van der Waals surface area contributed by atoms with Crippen LogP contribution >= 0.6 is 0 Å². The summed E-state index contributed by atoms with van der Waals surface area (Å²) in [7, 11) is 0. The standard InChI is InChI=1S/C21H26N6O3/c28-13-4-1-3-12(9-13)27-17-15(21(7-8-21)19(27)29)10-22-20(25-17)24-16-11-23-26-18(16)30-14-5-2-6-14/h10-14,28H,1-9H2,(H,23,26)(H,22,24,25)/t12-,13-/m1/s1. The van der Waals surface area contributed by atoms with Crippen LogP contribution in [-0.2, 0) is 10.2 Å². The number of amides is 1. The Hall–Kier alpha value is -2.68. The molecule has 2 aromatic heterocycles. The molecule has 3 N–H and O–H groups in total. The predicted octanol–water partition coefficient (Wildman–Crippen LogP) is 2.56. The summed E-state index contributed by atoms with van der Waals surface area (Å²) in [4.78, 5) is 24.4. The van der Waals surface area contributed by atoms with Crippen molar-refractivity contribution in [3.63, 3.8) is 0 Å². The smallest absolute Gasteiger partial charge is 0.256 e. The van der Waals surface area contributed by atoms with Crippen molar-refractivity contribution in [1.82, 2.24) is 20.2 Å². The first kappa shape index (κ1) is 18.1. The van der Waals surface area contributed by atoms with E-state index in [4.69, 9.17) is 9.72 Å². The minimum Gasteiger partial charge on any atom is -0.472 e. The van der Waals surface area contributed by atoms with E-state index in [-0.39, 0.29) is 24.2 Å². The molecular formula is C21H26N6O3. The second-order valence-electron chi connectivity index (χ2n) is 9.06. The molecule has 158 valence electrons. The van der Waals surface area contributed by atoms with Gasteiger partial charge in [-0.2, -0.15) is 4.98 Å². The van der Waals surface area contributed by atoms with E-state index < -0.39 is 5.41 Å². The maximum atomic E-state index is 13.3. The van der Waals surface area contributed by atoms with E-state index in [1.165, 1.54) is 6.42 Å². The third-order valence-corrected chi connectivity index (χ3v) is 7.06. The Morgan fingerprint density at radius 3 is 2.80 bits per heavy atom. The van der Waals surface area contributed by atoms with Crippen molar-refractivity contribution in [1.29, 1.82) is 0 Å². The molecule has 0 bridgehead atoms. The maximum Gasteiger partial charge on any atom is 0.256 e. The topological polar surface area (TPSA) is 116 Å². The average Bonchev–Trinajstić information content (AvgIpc) is 3.33. The number of anilines is 3. The number of hydrogen-bond donors (Lipinski definition) is 3. The molecule has 6 rings (SSSR count). The number of nitrogens with one attached hydrogen (secondary N) is 2. The van der Waals surface area contributed by atoms with E-state index in [0.717, 1.165) is 50.5 Å². The van der Waals surface area contributed by atoms with Crippen LogP contribution in [0.1, 0.15) is 63.4 Å². The molecule has 3 aliphatic carbocycles. The molecule has 1 spiro atoms. The van der Waals surface area contributed by atoms with Crippen molar-refractivity contribution in [2.75, 3.05) is 10.2 Å². The first-order chi connectivity index (χ1) is 14.6. The Balaban J connectivity index is 1.30. The van der Waals surface area contributed by atoms with Gasteiger partial charge in [0.25, 0.3) is 5.88 Å². The monoisotopic (exact) mass is 410 g/mol. The number of carbonyl (C=O) groups is 1. The van der Waals surface area contributed by atoms with Crippen LogP contribution in [0.2, 0.25) is 0 Å². The number of aromatic amines is 1. The molecule has 1 aliphatic heterocycles. The number of rotatable bonds is 5. The van der Waals surface area contributed by atoms with E-state index in [0.29, 0.717) is 29.8 Å². The Labute approximate surface area is 174 Å². The van der Waals surface area contributed by atoms with Crippen LogP contribution in [0, 0.1) is 0 Å². The van der Waals surface area contributed by atoms with Crippen molar-refractivity contribution >= 4 is 23.4 Å². The van der Waals surface area contributed by atoms with Crippen LogP contribution in [-0.4, -0.2) is 49.4 Å². The van der Waals surface area contributed by atoms with E-state index >= 15 is 0 Å². The highest BCUT2D eigenvalue weighted by atomic mass is 16.5. The van der Waals surface area contributed by atoms with Crippen molar-refractivity contribution < 1.29 is 14.6 Å². The Kier molecular flexibility index (Phi) is 4.02. The summed E-state index contributed by atoms with van der Waals surface area (Å²) in [6.07, 6.45) is 11.6. The second kappa shape index (κ2) is 6.66. The van der Waals surface area contributed by atoms with Crippen LogP contribution in [0.5, 0.6) is 5.88 Å². The summed E-state index contributed by atoms with van der Waals surface area (Å²) in [6.45, 7) is 0. The van der Waals surface area contributed by atoms with Crippen molar-refractivity contribution in [2.24, 2.45) is 0 Å². The Morgan fingerprint density at radius 1 is 1.23 bits per heavy atom. The van der Waals surface area contributed by atoms with Crippen molar-refractivity contribution in [2.45, 2.75) is 81.5 Å². The SMILES string of the molecule is O=C1N([C@@H]2CCC[C@@H](O)C2)c2nc(Nc3c[nH]nc3OC3CCC3)ncc2C12CC2. The molecular weight excluding hydrogens is 384 g/mol. The molecule has 0 unspecified atom stereocenters. The molecule has 0 saturated heterocycles. The van der Waals surface area contributed by atoms with Crippen LogP contribution in [0.25, 0.3) is 0 Å². The molecule has 0 aromatic carbocycles. The summed E-state index contributed by atoms with van der Waals surface area (Å²) >= 11 is 0. The van der Waals surface area contributed by atoms with E-state index in [2.05, 4.69) is 20.5 Å². The number of aliphatic hydroxyl groups excluding tert-OH is 1.